The Hall–Kier alpha value is -1.42. The zero-order valence-electron chi connectivity index (χ0n) is 10.1. The van der Waals surface area contributed by atoms with Gasteiger partial charge in [-0.1, -0.05) is 24.3 Å². The third kappa shape index (κ3) is 1.63. The lowest BCUT2D eigenvalue weighted by Gasteiger charge is -2.36. The van der Waals surface area contributed by atoms with Gasteiger partial charge in [0.1, 0.15) is 5.52 Å². The molecule has 0 bridgehead atoms. The number of rotatable bonds is 2. The summed E-state index contributed by atoms with van der Waals surface area (Å²) in [5, 5.41) is 8.52. The molecule has 0 saturated carbocycles. The molecule has 90 valence electrons. The molecule has 0 radical (unpaired) electrons. The first-order valence-electron chi connectivity index (χ1n) is 6.31. The van der Waals surface area contributed by atoms with E-state index < -0.39 is 0 Å². The second-order valence-corrected chi connectivity index (χ2v) is 4.60. The minimum absolute atomic E-state index is 0.283. The molecule has 2 heterocycles. The van der Waals surface area contributed by atoms with Gasteiger partial charge in [0.05, 0.1) is 5.52 Å². The van der Waals surface area contributed by atoms with Gasteiger partial charge in [0.25, 0.3) is 0 Å². The van der Waals surface area contributed by atoms with Crippen LogP contribution in [-0.2, 0) is 10.5 Å². The fraction of sp³-hybridized carbons (Fsp3) is 0.538. The Balaban J connectivity index is 2.12. The van der Waals surface area contributed by atoms with Crippen molar-refractivity contribution >= 4 is 11.0 Å². The first-order valence-corrected chi connectivity index (χ1v) is 6.31. The van der Waals surface area contributed by atoms with E-state index in [4.69, 9.17) is 4.74 Å². The lowest BCUT2D eigenvalue weighted by molar-refractivity contribution is -0.145. The smallest absolute Gasteiger partial charge is 0.163 e. The summed E-state index contributed by atoms with van der Waals surface area (Å²) in [7, 11) is 0. The van der Waals surface area contributed by atoms with E-state index in [0.29, 0.717) is 0 Å². The summed E-state index contributed by atoms with van der Waals surface area (Å²) in [6, 6.07) is 8.06. The molecule has 1 unspecified atom stereocenters. The zero-order valence-corrected chi connectivity index (χ0v) is 10.1. The predicted molar refractivity (Wildman–Crippen MR) is 65.6 cm³/mol. The number of nitrogens with zero attached hydrogens (tertiary/aromatic N) is 3. The van der Waals surface area contributed by atoms with E-state index in [1.807, 2.05) is 22.9 Å². The average molecular weight is 231 g/mol. The molecule has 4 nitrogen and oxygen atoms in total. The molecule has 1 aliphatic heterocycles. The van der Waals surface area contributed by atoms with Crippen molar-refractivity contribution in [3.8, 4) is 0 Å². The highest BCUT2D eigenvalue weighted by molar-refractivity contribution is 5.74. The van der Waals surface area contributed by atoms with Crippen LogP contribution in [-0.4, -0.2) is 21.6 Å². The molecule has 0 aliphatic carbocycles. The van der Waals surface area contributed by atoms with Gasteiger partial charge in [-0.15, -0.1) is 5.10 Å². The van der Waals surface area contributed by atoms with Crippen LogP contribution in [0.4, 0.5) is 0 Å². The second kappa shape index (κ2) is 4.11. The number of benzene rings is 1. The van der Waals surface area contributed by atoms with Crippen molar-refractivity contribution in [1.29, 1.82) is 0 Å². The molecule has 0 N–H and O–H groups in total. The van der Waals surface area contributed by atoms with E-state index in [1.54, 1.807) is 0 Å². The van der Waals surface area contributed by atoms with Crippen molar-refractivity contribution < 1.29 is 4.74 Å². The standard InChI is InChI=1S/C13H17N3O/c1-2-13(9-5-6-10-17-13)16-12-8-4-3-7-11(12)14-15-16/h3-4,7-8H,2,5-6,9-10H2,1H3. The molecule has 1 saturated heterocycles. The van der Waals surface area contributed by atoms with Crippen LogP contribution in [0.2, 0.25) is 0 Å². The van der Waals surface area contributed by atoms with Gasteiger partial charge in [-0.2, -0.15) is 0 Å². The minimum Gasteiger partial charge on any atom is -0.354 e. The first kappa shape index (κ1) is 10.7. The Kier molecular flexibility index (Phi) is 2.59. The van der Waals surface area contributed by atoms with E-state index >= 15 is 0 Å². The van der Waals surface area contributed by atoms with Crippen LogP contribution < -0.4 is 0 Å². The highest BCUT2D eigenvalue weighted by Crippen LogP contribution is 2.34. The first-order chi connectivity index (χ1) is 8.36. The number of hydrogen-bond acceptors (Lipinski definition) is 3. The minimum atomic E-state index is -0.283. The maximum atomic E-state index is 6.03. The van der Waals surface area contributed by atoms with E-state index in [0.717, 1.165) is 36.9 Å². The van der Waals surface area contributed by atoms with Crippen LogP contribution >= 0.6 is 0 Å². The number of fused-ring (bicyclic) bond motifs is 1. The van der Waals surface area contributed by atoms with Crippen molar-refractivity contribution in [2.45, 2.75) is 38.3 Å². The third-order valence-electron chi connectivity index (χ3n) is 3.62. The van der Waals surface area contributed by atoms with Crippen LogP contribution in [0.15, 0.2) is 24.3 Å². The van der Waals surface area contributed by atoms with Crippen LogP contribution in [0.1, 0.15) is 32.6 Å². The number of ether oxygens (including phenoxy) is 1. The molecule has 3 rings (SSSR count). The third-order valence-corrected chi connectivity index (χ3v) is 3.62. The Morgan fingerprint density at radius 1 is 1.35 bits per heavy atom. The summed E-state index contributed by atoms with van der Waals surface area (Å²) in [6.07, 6.45) is 4.30. The fourth-order valence-corrected chi connectivity index (χ4v) is 2.60. The van der Waals surface area contributed by atoms with Gasteiger partial charge in [0, 0.05) is 6.61 Å². The second-order valence-electron chi connectivity index (χ2n) is 4.60. The molecule has 0 spiro atoms. The topological polar surface area (TPSA) is 39.9 Å². The predicted octanol–water partition coefficient (Wildman–Crippen LogP) is 2.69. The summed E-state index contributed by atoms with van der Waals surface area (Å²) in [6.45, 7) is 2.98. The Labute approximate surface area is 101 Å². The molecule has 1 aliphatic rings. The molecule has 2 aromatic rings. The molecule has 1 aromatic carbocycles. The van der Waals surface area contributed by atoms with Crippen LogP contribution in [0, 0.1) is 0 Å². The van der Waals surface area contributed by atoms with Crippen LogP contribution in [0.5, 0.6) is 0 Å². The summed E-state index contributed by atoms with van der Waals surface area (Å²) >= 11 is 0. The van der Waals surface area contributed by atoms with E-state index in [9.17, 15) is 0 Å². The van der Waals surface area contributed by atoms with Gasteiger partial charge in [0.2, 0.25) is 0 Å². The van der Waals surface area contributed by atoms with Crippen molar-refractivity contribution in [2.75, 3.05) is 6.61 Å². The maximum absolute atomic E-state index is 6.03. The summed E-state index contributed by atoms with van der Waals surface area (Å²) in [5.41, 5.74) is 1.72. The lowest BCUT2D eigenvalue weighted by atomic mass is 10.00. The number of hydrogen-bond donors (Lipinski definition) is 0. The van der Waals surface area contributed by atoms with Crippen LogP contribution in [0.25, 0.3) is 11.0 Å². The van der Waals surface area contributed by atoms with E-state index in [1.165, 1.54) is 6.42 Å². The van der Waals surface area contributed by atoms with Crippen molar-refractivity contribution in [3.63, 3.8) is 0 Å². The summed E-state index contributed by atoms with van der Waals surface area (Å²) in [4.78, 5) is 0. The average Bonchev–Trinajstić information content (AvgIpc) is 2.84. The Morgan fingerprint density at radius 2 is 2.24 bits per heavy atom. The highest BCUT2D eigenvalue weighted by atomic mass is 16.5. The van der Waals surface area contributed by atoms with Crippen molar-refractivity contribution in [2.24, 2.45) is 0 Å². The molecule has 1 aromatic heterocycles. The molecular weight excluding hydrogens is 214 g/mol. The van der Waals surface area contributed by atoms with Crippen molar-refractivity contribution in [3.05, 3.63) is 24.3 Å². The SMILES string of the molecule is CCC1(n2nnc3ccccc32)CCCCO1. The zero-order chi connectivity index (χ0) is 11.7. The fourth-order valence-electron chi connectivity index (χ4n) is 2.60. The quantitative estimate of drug-likeness (QED) is 0.797. The summed E-state index contributed by atoms with van der Waals surface area (Å²) < 4.78 is 8.00. The largest absolute Gasteiger partial charge is 0.354 e. The molecule has 4 heteroatoms. The molecule has 1 atom stereocenters. The van der Waals surface area contributed by atoms with Gasteiger partial charge < -0.3 is 4.74 Å². The van der Waals surface area contributed by atoms with E-state index in [-0.39, 0.29) is 5.72 Å². The summed E-state index contributed by atoms with van der Waals surface area (Å²) in [5.74, 6) is 0. The highest BCUT2D eigenvalue weighted by Gasteiger charge is 2.35. The van der Waals surface area contributed by atoms with Gasteiger partial charge in [-0.05, 0) is 37.8 Å². The maximum Gasteiger partial charge on any atom is 0.163 e. The van der Waals surface area contributed by atoms with E-state index in [2.05, 4.69) is 23.3 Å². The molecule has 0 amide bonds. The molecular formula is C13H17N3O. The van der Waals surface area contributed by atoms with Crippen LogP contribution in [0.3, 0.4) is 0 Å². The van der Waals surface area contributed by atoms with Gasteiger partial charge in [-0.25, -0.2) is 4.68 Å². The Morgan fingerprint density at radius 3 is 3.00 bits per heavy atom. The Bertz CT molecular complexity index is 514. The molecule has 17 heavy (non-hydrogen) atoms. The van der Waals surface area contributed by atoms with Gasteiger partial charge in [0.15, 0.2) is 5.72 Å². The monoisotopic (exact) mass is 231 g/mol. The van der Waals surface area contributed by atoms with Gasteiger partial charge in [-0.3, -0.25) is 0 Å². The van der Waals surface area contributed by atoms with Gasteiger partial charge >= 0.3 is 0 Å². The lowest BCUT2D eigenvalue weighted by Crippen LogP contribution is -2.39. The molecule has 1 fully saturated rings. The number of aromatic nitrogens is 3. The number of para-hydroxylation sites is 1. The normalized spacial score (nSPS) is 25.2. The van der Waals surface area contributed by atoms with Crippen molar-refractivity contribution in [1.82, 2.24) is 15.0 Å².